The second-order valence-electron chi connectivity index (χ2n) is 7.21. The van der Waals surface area contributed by atoms with Gasteiger partial charge in [0.1, 0.15) is 29.7 Å². The van der Waals surface area contributed by atoms with Crippen LogP contribution >= 0.6 is 11.8 Å². The van der Waals surface area contributed by atoms with Crippen molar-refractivity contribution in [2.75, 3.05) is 18.7 Å². The predicted molar refractivity (Wildman–Crippen MR) is 118 cm³/mol. The lowest BCUT2D eigenvalue weighted by molar-refractivity contribution is -0.127. The van der Waals surface area contributed by atoms with Crippen molar-refractivity contribution in [2.24, 2.45) is 0 Å². The number of ether oxygens (including phenoxy) is 2. The lowest BCUT2D eigenvalue weighted by Crippen LogP contribution is -2.36. The SMILES string of the molecule is O=C(CN1C(=O)S/C(=C/c2ccc(-c3ccc(F)cc3F)o2)C1=O)Nc1ccc2c(c1)OCO2. The number of hydrogen-bond donors (Lipinski definition) is 1. The number of halogens is 2. The van der Waals surface area contributed by atoms with E-state index in [1.807, 2.05) is 0 Å². The van der Waals surface area contributed by atoms with Gasteiger partial charge in [0.2, 0.25) is 12.7 Å². The highest BCUT2D eigenvalue weighted by molar-refractivity contribution is 8.18. The molecule has 3 heterocycles. The molecule has 0 atom stereocenters. The third kappa shape index (κ3) is 4.25. The van der Waals surface area contributed by atoms with E-state index in [-0.39, 0.29) is 28.8 Å². The van der Waals surface area contributed by atoms with E-state index in [1.165, 1.54) is 24.3 Å². The number of furan rings is 1. The number of imide groups is 1. The van der Waals surface area contributed by atoms with E-state index in [0.29, 0.717) is 28.9 Å². The number of carbonyl (C=O) groups is 3. The number of benzene rings is 2. The number of rotatable bonds is 5. The van der Waals surface area contributed by atoms with Crippen LogP contribution in [0.25, 0.3) is 17.4 Å². The Morgan fingerprint density at radius 1 is 1.06 bits per heavy atom. The number of thioether (sulfide) groups is 1. The summed E-state index contributed by atoms with van der Waals surface area (Å²) in [6.45, 7) is -0.396. The molecule has 3 amide bonds. The van der Waals surface area contributed by atoms with Crippen molar-refractivity contribution in [3.05, 3.63) is 70.8 Å². The topological polar surface area (TPSA) is 98.1 Å². The fourth-order valence-corrected chi connectivity index (χ4v) is 4.17. The average molecular weight is 484 g/mol. The highest BCUT2D eigenvalue weighted by Crippen LogP contribution is 2.35. The molecule has 0 radical (unpaired) electrons. The highest BCUT2D eigenvalue weighted by Gasteiger charge is 2.36. The van der Waals surface area contributed by atoms with Crippen LogP contribution in [0.1, 0.15) is 5.76 Å². The molecular formula is C23H14F2N2O6S. The minimum Gasteiger partial charge on any atom is -0.457 e. The molecule has 1 fully saturated rings. The molecule has 1 saturated heterocycles. The number of hydrogen-bond acceptors (Lipinski definition) is 7. The lowest BCUT2D eigenvalue weighted by atomic mass is 10.1. The smallest absolute Gasteiger partial charge is 0.294 e. The number of carbonyl (C=O) groups excluding carboxylic acids is 3. The number of fused-ring (bicyclic) bond motifs is 1. The zero-order valence-corrected chi connectivity index (χ0v) is 18.0. The van der Waals surface area contributed by atoms with Crippen LogP contribution in [0.4, 0.5) is 19.3 Å². The molecule has 172 valence electrons. The Bertz CT molecular complexity index is 1370. The molecule has 0 unspecified atom stereocenters. The van der Waals surface area contributed by atoms with Crippen molar-refractivity contribution < 1.29 is 37.1 Å². The summed E-state index contributed by atoms with van der Waals surface area (Å²) in [5, 5.41) is 1.99. The van der Waals surface area contributed by atoms with Crippen molar-refractivity contribution in [1.82, 2.24) is 4.90 Å². The first-order chi connectivity index (χ1) is 16.4. The molecule has 5 rings (SSSR count). The number of amides is 3. The van der Waals surface area contributed by atoms with Crippen LogP contribution in [0.15, 0.2) is 57.9 Å². The summed E-state index contributed by atoms with van der Waals surface area (Å²) >= 11 is 0.650. The van der Waals surface area contributed by atoms with Gasteiger partial charge in [0, 0.05) is 23.9 Å². The van der Waals surface area contributed by atoms with E-state index >= 15 is 0 Å². The summed E-state index contributed by atoms with van der Waals surface area (Å²) in [5.41, 5.74) is 0.474. The maximum atomic E-state index is 14.0. The zero-order valence-electron chi connectivity index (χ0n) is 17.2. The molecular weight excluding hydrogens is 470 g/mol. The Morgan fingerprint density at radius 2 is 1.88 bits per heavy atom. The van der Waals surface area contributed by atoms with Gasteiger partial charge >= 0.3 is 0 Å². The van der Waals surface area contributed by atoms with Gasteiger partial charge in [-0.1, -0.05) is 0 Å². The molecule has 2 aromatic carbocycles. The fraction of sp³-hybridized carbons (Fsp3) is 0.0870. The van der Waals surface area contributed by atoms with Gasteiger partial charge in [-0.05, 0) is 48.2 Å². The van der Waals surface area contributed by atoms with Crippen LogP contribution in [-0.4, -0.2) is 35.3 Å². The largest absolute Gasteiger partial charge is 0.457 e. The summed E-state index contributed by atoms with van der Waals surface area (Å²) in [6, 6.07) is 10.8. The summed E-state index contributed by atoms with van der Waals surface area (Å²) in [4.78, 5) is 38.3. The van der Waals surface area contributed by atoms with Crippen LogP contribution in [0, 0.1) is 11.6 Å². The molecule has 11 heteroatoms. The van der Waals surface area contributed by atoms with Gasteiger partial charge in [-0.15, -0.1) is 0 Å². The summed E-state index contributed by atoms with van der Waals surface area (Å²) in [5.74, 6) is -1.40. The van der Waals surface area contributed by atoms with Crippen LogP contribution in [0.2, 0.25) is 0 Å². The Morgan fingerprint density at radius 3 is 2.71 bits per heavy atom. The van der Waals surface area contributed by atoms with Gasteiger partial charge < -0.3 is 19.2 Å². The first kappa shape index (κ1) is 21.7. The number of nitrogens with zero attached hydrogens (tertiary/aromatic N) is 1. The Kier molecular flexibility index (Phi) is 5.54. The molecule has 0 aliphatic carbocycles. The van der Waals surface area contributed by atoms with Crippen LogP contribution in [0.5, 0.6) is 11.5 Å². The predicted octanol–water partition coefficient (Wildman–Crippen LogP) is 4.63. The van der Waals surface area contributed by atoms with Crippen molar-refractivity contribution >= 4 is 40.6 Å². The second kappa shape index (κ2) is 8.67. The van der Waals surface area contributed by atoms with Crippen LogP contribution in [0.3, 0.4) is 0 Å². The molecule has 34 heavy (non-hydrogen) atoms. The van der Waals surface area contributed by atoms with E-state index in [9.17, 15) is 23.2 Å². The van der Waals surface area contributed by atoms with Gasteiger partial charge in [-0.3, -0.25) is 19.3 Å². The second-order valence-corrected chi connectivity index (χ2v) is 8.20. The van der Waals surface area contributed by atoms with Crippen molar-refractivity contribution in [1.29, 1.82) is 0 Å². The van der Waals surface area contributed by atoms with E-state index < -0.39 is 35.2 Å². The van der Waals surface area contributed by atoms with E-state index in [0.717, 1.165) is 17.0 Å². The lowest BCUT2D eigenvalue weighted by Gasteiger charge is -2.12. The molecule has 0 bridgehead atoms. The van der Waals surface area contributed by atoms with E-state index in [1.54, 1.807) is 18.2 Å². The average Bonchev–Trinajstić information content (AvgIpc) is 3.50. The fourth-order valence-electron chi connectivity index (χ4n) is 3.35. The van der Waals surface area contributed by atoms with Gasteiger partial charge in [0.05, 0.1) is 10.5 Å². The van der Waals surface area contributed by atoms with Crippen LogP contribution in [-0.2, 0) is 9.59 Å². The molecule has 0 spiro atoms. The Balaban J connectivity index is 1.27. The van der Waals surface area contributed by atoms with Gasteiger partial charge in [0.15, 0.2) is 11.5 Å². The standard InChI is InChI=1S/C23H14F2N2O6S/c24-12-1-4-15(16(25)7-12)17-6-3-14(33-17)9-20-22(29)27(23(30)34-20)10-21(28)26-13-2-5-18-19(8-13)32-11-31-18/h1-9H,10-11H2,(H,26,28)/b20-9+. The normalized spacial score (nSPS) is 15.9. The van der Waals surface area contributed by atoms with Gasteiger partial charge in [0.25, 0.3) is 11.1 Å². The minimum absolute atomic E-state index is 0.0429. The van der Waals surface area contributed by atoms with E-state index in [2.05, 4.69) is 5.32 Å². The van der Waals surface area contributed by atoms with Crippen molar-refractivity contribution in [3.63, 3.8) is 0 Å². The highest BCUT2D eigenvalue weighted by atomic mass is 32.2. The quantitative estimate of drug-likeness (QED) is 0.528. The molecule has 3 aromatic rings. The molecule has 2 aliphatic rings. The summed E-state index contributed by atoms with van der Waals surface area (Å²) in [6.07, 6.45) is 1.32. The van der Waals surface area contributed by atoms with Gasteiger partial charge in [-0.2, -0.15) is 0 Å². The van der Waals surface area contributed by atoms with Crippen molar-refractivity contribution in [3.8, 4) is 22.8 Å². The molecule has 2 aliphatic heterocycles. The monoisotopic (exact) mass is 484 g/mol. The minimum atomic E-state index is -0.797. The zero-order chi connectivity index (χ0) is 23.8. The molecule has 0 saturated carbocycles. The summed E-state index contributed by atoms with van der Waals surface area (Å²) < 4.78 is 43.1. The maximum Gasteiger partial charge on any atom is 0.294 e. The maximum absolute atomic E-state index is 14.0. The third-order valence-corrected chi connectivity index (χ3v) is 5.84. The molecule has 8 nitrogen and oxygen atoms in total. The first-order valence-corrected chi connectivity index (χ1v) is 10.7. The van der Waals surface area contributed by atoms with Crippen molar-refractivity contribution in [2.45, 2.75) is 0 Å². The summed E-state index contributed by atoms with van der Waals surface area (Å²) in [7, 11) is 0. The Labute approximate surface area is 195 Å². The van der Waals surface area contributed by atoms with Crippen LogP contribution < -0.4 is 14.8 Å². The Hall–Kier alpha value is -4.12. The molecule has 1 aromatic heterocycles. The van der Waals surface area contributed by atoms with Gasteiger partial charge in [-0.25, -0.2) is 8.78 Å². The van der Waals surface area contributed by atoms with E-state index in [4.69, 9.17) is 13.9 Å². The number of nitrogens with one attached hydrogen (secondary N) is 1. The number of anilines is 1. The third-order valence-electron chi connectivity index (χ3n) is 4.93. The molecule has 1 N–H and O–H groups in total. The first-order valence-electron chi connectivity index (χ1n) is 9.87.